The minimum atomic E-state index is 0.296. The van der Waals surface area contributed by atoms with E-state index in [0.717, 1.165) is 16.9 Å². The quantitative estimate of drug-likeness (QED) is 0.721. The number of nitrogen functional groups attached to an aromatic ring is 1. The van der Waals surface area contributed by atoms with Gasteiger partial charge in [-0.2, -0.15) is 0 Å². The number of rotatable bonds is 3. The largest absolute Gasteiger partial charge is 0.399 e. The Morgan fingerprint density at radius 2 is 2.05 bits per heavy atom. The predicted octanol–water partition coefficient (Wildman–Crippen LogP) is 3.04. The van der Waals surface area contributed by atoms with Crippen LogP contribution in [0.2, 0.25) is 0 Å². The van der Waals surface area contributed by atoms with Crippen LogP contribution >= 0.6 is 0 Å². The molecule has 1 aromatic carbocycles. The van der Waals surface area contributed by atoms with Crippen LogP contribution in [-0.4, -0.2) is 19.5 Å². The van der Waals surface area contributed by atoms with Crippen LogP contribution in [0.5, 0.6) is 0 Å². The minimum Gasteiger partial charge on any atom is -0.399 e. The molecule has 0 radical (unpaired) electrons. The number of aromatic nitrogens is 4. The Balaban J connectivity index is 2.10. The summed E-state index contributed by atoms with van der Waals surface area (Å²) in [5, 5.41) is 3.27. The molecule has 0 atom stereocenters. The van der Waals surface area contributed by atoms with E-state index in [1.54, 1.807) is 6.33 Å². The van der Waals surface area contributed by atoms with E-state index < -0.39 is 0 Å². The van der Waals surface area contributed by atoms with Crippen LogP contribution in [0, 0.1) is 6.92 Å². The van der Waals surface area contributed by atoms with Gasteiger partial charge in [-0.15, -0.1) is 0 Å². The van der Waals surface area contributed by atoms with Gasteiger partial charge in [0.05, 0.1) is 6.33 Å². The molecular formula is C15H18N6. The van der Waals surface area contributed by atoms with Crippen molar-refractivity contribution in [2.24, 2.45) is 0 Å². The fourth-order valence-electron chi connectivity index (χ4n) is 2.24. The first kappa shape index (κ1) is 13.4. The maximum atomic E-state index is 5.81. The lowest BCUT2D eigenvalue weighted by Gasteiger charge is -2.10. The Hall–Kier alpha value is -2.63. The van der Waals surface area contributed by atoms with Crippen molar-refractivity contribution in [1.82, 2.24) is 19.5 Å². The molecule has 2 aromatic heterocycles. The first-order chi connectivity index (χ1) is 10.0. The fraction of sp³-hybridized carbons (Fsp3) is 0.267. The van der Waals surface area contributed by atoms with Crippen molar-refractivity contribution in [1.29, 1.82) is 0 Å². The van der Waals surface area contributed by atoms with E-state index in [-0.39, 0.29) is 0 Å². The molecule has 0 aliphatic heterocycles. The van der Waals surface area contributed by atoms with Gasteiger partial charge in [-0.1, -0.05) is 6.07 Å². The van der Waals surface area contributed by atoms with E-state index in [9.17, 15) is 0 Å². The van der Waals surface area contributed by atoms with Crippen LogP contribution in [-0.2, 0) is 0 Å². The van der Waals surface area contributed by atoms with E-state index in [0.29, 0.717) is 23.4 Å². The van der Waals surface area contributed by atoms with Gasteiger partial charge in [0.2, 0.25) is 0 Å². The van der Waals surface area contributed by atoms with Crippen molar-refractivity contribution < 1.29 is 0 Å². The Kier molecular flexibility index (Phi) is 3.21. The van der Waals surface area contributed by atoms with E-state index in [2.05, 4.69) is 34.1 Å². The van der Waals surface area contributed by atoms with Crippen LogP contribution in [0.25, 0.3) is 11.2 Å². The summed E-state index contributed by atoms with van der Waals surface area (Å²) < 4.78 is 2.04. The van der Waals surface area contributed by atoms with Gasteiger partial charge in [0.25, 0.3) is 0 Å². The summed E-state index contributed by atoms with van der Waals surface area (Å²) in [6, 6.07) is 7.85. The molecule has 6 nitrogen and oxygen atoms in total. The molecule has 21 heavy (non-hydrogen) atoms. The third kappa shape index (κ3) is 2.52. The summed E-state index contributed by atoms with van der Waals surface area (Å²) >= 11 is 0. The van der Waals surface area contributed by atoms with Crippen LogP contribution in [0.1, 0.15) is 25.7 Å². The molecule has 3 aromatic rings. The molecule has 0 spiro atoms. The number of nitrogens with zero attached hydrogens (tertiary/aromatic N) is 4. The highest BCUT2D eigenvalue weighted by molar-refractivity contribution is 5.85. The van der Waals surface area contributed by atoms with Crippen molar-refractivity contribution in [3.63, 3.8) is 0 Å². The second kappa shape index (κ2) is 5.05. The van der Waals surface area contributed by atoms with Gasteiger partial charge in [0.1, 0.15) is 5.82 Å². The smallest absolute Gasteiger partial charge is 0.166 e. The molecule has 0 bridgehead atoms. The van der Waals surface area contributed by atoms with Crippen LogP contribution < -0.4 is 11.1 Å². The zero-order chi connectivity index (χ0) is 15.0. The summed E-state index contributed by atoms with van der Waals surface area (Å²) in [6.07, 6.45) is 1.80. The molecule has 0 amide bonds. The number of hydrogen-bond acceptors (Lipinski definition) is 5. The maximum absolute atomic E-state index is 5.81. The number of benzene rings is 1. The van der Waals surface area contributed by atoms with E-state index in [4.69, 9.17) is 5.73 Å². The number of aryl methyl sites for hydroxylation is 1. The Bertz CT molecular complexity index is 790. The maximum Gasteiger partial charge on any atom is 0.166 e. The van der Waals surface area contributed by atoms with Crippen LogP contribution in [0.4, 0.5) is 17.2 Å². The lowest BCUT2D eigenvalue weighted by atomic mass is 10.3. The van der Waals surface area contributed by atoms with Gasteiger partial charge < -0.3 is 15.6 Å². The number of hydrogen-bond donors (Lipinski definition) is 2. The summed E-state index contributed by atoms with van der Waals surface area (Å²) in [7, 11) is 0. The van der Waals surface area contributed by atoms with Crippen LogP contribution in [0.15, 0.2) is 30.6 Å². The number of imidazole rings is 1. The third-order valence-corrected chi connectivity index (χ3v) is 3.24. The highest BCUT2D eigenvalue weighted by Crippen LogP contribution is 2.25. The van der Waals surface area contributed by atoms with Crippen molar-refractivity contribution in [3.05, 3.63) is 36.4 Å². The SMILES string of the molecule is Cc1nc(Nc2cccc(N)c2)c2ncn(C(C)C)c2n1. The lowest BCUT2D eigenvalue weighted by Crippen LogP contribution is -2.03. The molecular weight excluding hydrogens is 264 g/mol. The number of nitrogens with two attached hydrogens (primary N) is 1. The number of nitrogens with one attached hydrogen (secondary N) is 1. The predicted molar refractivity (Wildman–Crippen MR) is 84.6 cm³/mol. The summed E-state index contributed by atoms with van der Waals surface area (Å²) in [5.74, 6) is 1.40. The van der Waals surface area contributed by atoms with Gasteiger partial charge in [-0.25, -0.2) is 15.0 Å². The zero-order valence-corrected chi connectivity index (χ0v) is 12.3. The summed E-state index contributed by atoms with van der Waals surface area (Å²) in [5.41, 5.74) is 8.99. The molecule has 0 unspecified atom stereocenters. The average molecular weight is 282 g/mol. The van der Waals surface area contributed by atoms with Gasteiger partial charge in [0.15, 0.2) is 17.0 Å². The molecule has 0 aliphatic carbocycles. The molecule has 0 saturated carbocycles. The van der Waals surface area contributed by atoms with Gasteiger partial charge in [0, 0.05) is 17.4 Å². The highest BCUT2D eigenvalue weighted by atomic mass is 15.2. The molecule has 0 aliphatic rings. The lowest BCUT2D eigenvalue weighted by molar-refractivity contribution is 0.612. The van der Waals surface area contributed by atoms with Crippen molar-refractivity contribution >= 4 is 28.4 Å². The number of anilines is 3. The standard InChI is InChI=1S/C15H18N6/c1-9(2)21-8-17-13-14(18-10(3)19-15(13)21)20-12-6-4-5-11(16)7-12/h4-9H,16H2,1-3H3,(H,18,19,20). The van der Waals surface area contributed by atoms with E-state index in [1.807, 2.05) is 35.8 Å². The molecule has 2 heterocycles. The molecule has 108 valence electrons. The summed E-state index contributed by atoms with van der Waals surface area (Å²) in [4.78, 5) is 13.4. The average Bonchev–Trinajstić information content (AvgIpc) is 2.82. The zero-order valence-electron chi connectivity index (χ0n) is 12.3. The van der Waals surface area contributed by atoms with Gasteiger partial charge >= 0.3 is 0 Å². The normalized spacial score (nSPS) is 11.2. The number of fused-ring (bicyclic) bond motifs is 1. The Labute approximate surface area is 123 Å². The second-order valence-electron chi connectivity index (χ2n) is 5.29. The van der Waals surface area contributed by atoms with Gasteiger partial charge in [-0.05, 0) is 39.0 Å². The topological polar surface area (TPSA) is 81.6 Å². The van der Waals surface area contributed by atoms with E-state index in [1.165, 1.54) is 0 Å². The molecule has 3 rings (SSSR count). The molecule has 6 heteroatoms. The van der Waals surface area contributed by atoms with Crippen molar-refractivity contribution in [2.45, 2.75) is 26.8 Å². The molecule has 0 saturated heterocycles. The molecule has 0 fully saturated rings. The third-order valence-electron chi connectivity index (χ3n) is 3.24. The second-order valence-corrected chi connectivity index (χ2v) is 5.29. The van der Waals surface area contributed by atoms with Crippen molar-refractivity contribution in [2.75, 3.05) is 11.1 Å². The van der Waals surface area contributed by atoms with Crippen molar-refractivity contribution in [3.8, 4) is 0 Å². The first-order valence-electron chi connectivity index (χ1n) is 6.88. The monoisotopic (exact) mass is 282 g/mol. The van der Waals surface area contributed by atoms with E-state index >= 15 is 0 Å². The van der Waals surface area contributed by atoms with Crippen LogP contribution in [0.3, 0.4) is 0 Å². The highest BCUT2D eigenvalue weighted by Gasteiger charge is 2.13. The Morgan fingerprint density at radius 3 is 2.76 bits per heavy atom. The minimum absolute atomic E-state index is 0.296. The molecule has 3 N–H and O–H groups in total. The summed E-state index contributed by atoms with van der Waals surface area (Å²) in [6.45, 7) is 6.08. The first-order valence-corrected chi connectivity index (χ1v) is 6.88. The van der Waals surface area contributed by atoms with Gasteiger partial charge in [-0.3, -0.25) is 0 Å². The fourth-order valence-corrected chi connectivity index (χ4v) is 2.24. The Morgan fingerprint density at radius 1 is 1.24 bits per heavy atom.